The van der Waals surface area contributed by atoms with E-state index in [0.717, 1.165) is 25.2 Å². The van der Waals surface area contributed by atoms with E-state index in [9.17, 15) is 5.11 Å². The van der Waals surface area contributed by atoms with Gasteiger partial charge in [0, 0.05) is 19.1 Å². The molecule has 1 aliphatic rings. The normalized spacial score (nSPS) is 21.5. The molecule has 0 saturated carbocycles. The van der Waals surface area contributed by atoms with Gasteiger partial charge in [-0.1, -0.05) is 12.1 Å². The van der Waals surface area contributed by atoms with Crippen molar-refractivity contribution in [2.24, 2.45) is 0 Å². The molecule has 0 radical (unpaired) electrons. The van der Waals surface area contributed by atoms with Gasteiger partial charge in [-0.15, -0.1) is 0 Å². The van der Waals surface area contributed by atoms with E-state index in [-0.39, 0.29) is 0 Å². The Labute approximate surface area is 90.5 Å². The molecular weight excluding hydrogens is 188 g/mol. The molecule has 2 rings (SSSR count). The van der Waals surface area contributed by atoms with Gasteiger partial charge < -0.3 is 15.7 Å². The number of hydrogen-bond donors (Lipinski definition) is 3. The average molecular weight is 206 g/mol. The topological polar surface area (TPSA) is 44.3 Å². The maximum atomic E-state index is 9.31. The van der Waals surface area contributed by atoms with Gasteiger partial charge in [-0.25, -0.2) is 0 Å². The van der Waals surface area contributed by atoms with Crippen LogP contribution in [0, 0.1) is 0 Å². The smallest absolute Gasteiger partial charge is 0.115 e. The Morgan fingerprint density at radius 3 is 3.13 bits per heavy atom. The highest BCUT2D eigenvalue weighted by Gasteiger charge is 2.11. The summed E-state index contributed by atoms with van der Waals surface area (Å²) >= 11 is 0. The highest BCUT2D eigenvalue weighted by atomic mass is 16.3. The fourth-order valence-electron chi connectivity index (χ4n) is 1.95. The first-order valence-electron chi connectivity index (χ1n) is 5.56. The molecule has 1 aliphatic heterocycles. The van der Waals surface area contributed by atoms with Crippen molar-refractivity contribution in [1.29, 1.82) is 0 Å². The Balaban J connectivity index is 1.81. The summed E-state index contributed by atoms with van der Waals surface area (Å²) in [4.78, 5) is 0. The number of phenolic OH excluding ortho intramolecular Hbond substituents is 1. The summed E-state index contributed by atoms with van der Waals surface area (Å²) in [7, 11) is 0. The molecule has 1 unspecified atom stereocenters. The van der Waals surface area contributed by atoms with Crippen LogP contribution >= 0.6 is 0 Å². The third kappa shape index (κ3) is 3.22. The molecule has 1 saturated heterocycles. The van der Waals surface area contributed by atoms with Gasteiger partial charge in [-0.05, 0) is 37.1 Å². The number of aromatic hydroxyl groups is 1. The third-order valence-corrected chi connectivity index (χ3v) is 2.80. The van der Waals surface area contributed by atoms with Gasteiger partial charge in [-0.2, -0.15) is 0 Å². The quantitative estimate of drug-likeness (QED) is 0.697. The molecule has 82 valence electrons. The largest absolute Gasteiger partial charge is 0.508 e. The molecule has 1 heterocycles. The van der Waals surface area contributed by atoms with E-state index in [0.29, 0.717) is 11.8 Å². The predicted octanol–water partition coefficient (Wildman–Crippen LogP) is 1.23. The minimum absolute atomic E-state index is 0.344. The number of hydrogen-bond acceptors (Lipinski definition) is 3. The zero-order valence-corrected chi connectivity index (χ0v) is 8.87. The zero-order valence-electron chi connectivity index (χ0n) is 8.87. The van der Waals surface area contributed by atoms with Crippen LogP contribution in [-0.4, -0.2) is 24.2 Å². The molecule has 3 nitrogen and oxygen atoms in total. The second kappa shape index (κ2) is 5.14. The van der Waals surface area contributed by atoms with Crippen LogP contribution in [0.25, 0.3) is 0 Å². The maximum Gasteiger partial charge on any atom is 0.115 e. The summed E-state index contributed by atoms with van der Waals surface area (Å²) in [5.41, 5.74) is 1.14. The third-order valence-electron chi connectivity index (χ3n) is 2.80. The molecule has 0 bridgehead atoms. The lowest BCUT2D eigenvalue weighted by atomic mass is 10.1. The molecule has 0 amide bonds. The van der Waals surface area contributed by atoms with Crippen LogP contribution in [-0.2, 0) is 6.54 Å². The Hall–Kier alpha value is -1.06. The van der Waals surface area contributed by atoms with Crippen molar-refractivity contribution in [3.8, 4) is 5.75 Å². The van der Waals surface area contributed by atoms with Crippen LogP contribution in [0.15, 0.2) is 24.3 Å². The zero-order chi connectivity index (χ0) is 10.5. The van der Waals surface area contributed by atoms with Crippen LogP contribution in [0.2, 0.25) is 0 Å². The van der Waals surface area contributed by atoms with Gasteiger partial charge in [0.1, 0.15) is 5.75 Å². The minimum Gasteiger partial charge on any atom is -0.508 e. The van der Waals surface area contributed by atoms with Crippen LogP contribution < -0.4 is 10.6 Å². The minimum atomic E-state index is 0.344. The van der Waals surface area contributed by atoms with Crippen molar-refractivity contribution in [1.82, 2.24) is 10.6 Å². The Kier molecular flexibility index (Phi) is 3.59. The van der Waals surface area contributed by atoms with E-state index >= 15 is 0 Å². The lowest BCUT2D eigenvalue weighted by Crippen LogP contribution is -2.42. The van der Waals surface area contributed by atoms with Gasteiger partial charge in [0.15, 0.2) is 0 Å². The van der Waals surface area contributed by atoms with E-state index in [1.165, 1.54) is 12.8 Å². The van der Waals surface area contributed by atoms with Crippen molar-refractivity contribution in [2.75, 3.05) is 13.1 Å². The molecule has 3 heteroatoms. The fourth-order valence-corrected chi connectivity index (χ4v) is 1.95. The molecule has 1 aromatic rings. The van der Waals surface area contributed by atoms with Crippen molar-refractivity contribution >= 4 is 0 Å². The van der Waals surface area contributed by atoms with Gasteiger partial charge in [0.25, 0.3) is 0 Å². The van der Waals surface area contributed by atoms with Gasteiger partial charge in [0.2, 0.25) is 0 Å². The summed E-state index contributed by atoms with van der Waals surface area (Å²) in [5.74, 6) is 0.344. The molecule has 1 fully saturated rings. The number of benzene rings is 1. The van der Waals surface area contributed by atoms with Crippen molar-refractivity contribution in [3.63, 3.8) is 0 Å². The molecule has 0 aliphatic carbocycles. The van der Waals surface area contributed by atoms with Crippen LogP contribution in [0.1, 0.15) is 18.4 Å². The first-order valence-corrected chi connectivity index (χ1v) is 5.56. The molecule has 1 aromatic carbocycles. The monoisotopic (exact) mass is 206 g/mol. The first-order chi connectivity index (χ1) is 7.34. The van der Waals surface area contributed by atoms with E-state index in [1.54, 1.807) is 6.07 Å². The van der Waals surface area contributed by atoms with Gasteiger partial charge in [-0.3, -0.25) is 0 Å². The Morgan fingerprint density at radius 1 is 1.47 bits per heavy atom. The molecular formula is C12H18N2O. The van der Waals surface area contributed by atoms with Crippen molar-refractivity contribution in [2.45, 2.75) is 25.4 Å². The fraction of sp³-hybridized carbons (Fsp3) is 0.500. The van der Waals surface area contributed by atoms with E-state index in [1.807, 2.05) is 18.2 Å². The summed E-state index contributed by atoms with van der Waals surface area (Å²) in [6.45, 7) is 3.03. The molecule has 0 spiro atoms. The summed E-state index contributed by atoms with van der Waals surface area (Å²) < 4.78 is 0. The lowest BCUT2D eigenvalue weighted by Gasteiger charge is -2.23. The lowest BCUT2D eigenvalue weighted by molar-refractivity contribution is 0.388. The van der Waals surface area contributed by atoms with E-state index < -0.39 is 0 Å². The van der Waals surface area contributed by atoms with Crippen LogP contribution in [0.4, 0.5) is 0 Å². The standard InChI is InChI=1S/C12H18N2O/c15-12-5-1-3-10(7-12)8-14-11-4-2-6-13-9-11/h1,3,5,7,11,13-15H,2,4,6,8-9H2. The van der Waals surface area contributed by atoms with Crippen molar-refractivity contribution < 1.29 is 5.11 Å². The maximum absolute atomic E-state index is 9.31. The Bertz CT molecular complexity index is 308. The highest BCUT2D eigenvalue weighted by molar-refractivity contribution is 5.26. The summed E-state index contributed by atoms with van der Waals surface area (Å²) in [6.07, 6.45) is 2.49. The van der Waals surface area contributed by atoms with Crippen molar-refractivity contribution in [3.05, 3.63) is 29.8 Å². The number of nitrogens with one attached hydrogen (secondary N) is 2. The van der Waals surface area contributed by atoms with Crippen LogP contribution in [0.5, 0.6) is 5.75 Å². The highest BCUT2D eigenvalue weighted by Crippen LogP contribution is 2.11. The summed E-state index contributed by atoms with van der Waals surface area (Å²) in [6, 6.07) is 7.99. The molecule has 15 heavy (non-hydrogen) atoms. The number of piperidine rings is 1. The van der Waals surface area contributed by atoms with E-state index in [4.69, 9.17) is 0 Å². The second-order valence-corrected chi connectivity index (χ2v) is 4.09. The van der Waals surface area contributed by atoms with Gasteiger partial charge in [0.05, 0.1) is 0 Å². The summed E-state index contributed by atoms with van der Waals surface area (Å²) in [5, 5.41) is 16.2. The molecule has 3 N–H and O–H groups in total. The average Bonchev–Trinajstić information content (AvgIpc) is 2.28. The van der Waals surface area contributed by atoms with E-state index in [2.05, 4.69) is 10.6 Å². The Morgan fingerprint density at radius 2 is 2.40 bits per heavy atom. The molecule has 1 atom stereocenters. The predicted molar refractivity (Wildman–Crippen MR) is 60.8 cm³/mol. The molecule has 0 aromatic heterocycles. The number of rotatable bonds is 3. The van der Waals surface area contributed by atoms with Crippen LogP contribution in [0.3, 0.4) is 0 Å². The SMILES string of the molecule is Oc1cccc(CNC2CCCNC2)c1. The first kappa shape index (κ1) is 10.5. The van der Waals surface area contributed by atoms with Gasteiger partial charge >= 0.3 is 0 Å². The second-order valence-electron chi connectivity index (χ2n) is 4.09. The number of phenols is 1.